The first-order chi connectivity index (χ1) is 13.9. The minimum Gasteiger partial charge on any atom is -0.378 e. The zero-order valence-electron chi connectivity index (χ0n) is 14.9. The van der Waals surface area contributed by atoms with E-state index >= 15 is 0 Å². The molecule has 1 fully saturated rings. The van der Waals surface area contributed by atoms with E-state index in [9.17, 15) is 24.9 Å². The number of nitrogens with one attached hydrogen (secondary N) is 1. The number of hydrogen-bond acceptors (Lipinski definition) is 11. The van der Waals surface area contributed by atoms with Gasteiger partial charge in [0.25, 0.3) is 5.90 Å². The molecule has 12 heteroatoms. The molecule has 1 aliphatic carbocycles. The molecule has 0 bridgehead atoms. The molecule has 3 heterocycles. The van der Waals surface area contributed by atoms with Gasteiger partial charge in [-0.25, -0.2) is 10.5 Å². The minimum absolute atomic E-state index is 0.00496. The van der Waals surface area contributed by atoms with E-state index in [4.69, 9.17) is 9.57 Å². The molecule has 0 aromatic rings. The first-order valence-electron chi connectivity index (χ1n) is 8.57. The van der Waals surface area contributed by atoms with E-state index in [1.807, 2.05) is 4.90 Å². The van der Waals surface area contributed by atoms with Crippen LogP contribution in [0.25, 0.3) is 0 Å². The van der Waals surface area contributed by atoms with Crippen LogP contribution >= 0.6 is 0 Å². The van der Waals surface area contributed by atoms with Crippen LogP contribution in [0.15, 0.2) is 64.0 Å². The van der Waals surface area contributed by atoms with Crippen LogP contribution in [0.1, 0.15) is 0 Å². The van der Waals surface area contributed by atoms with Crippen molar-refractivity contribution in [3.8, 4) is 0 Å². The van der Waals surface area contributed by atoms with Gasteiger partial charge in [-0.1, -0.05) is 0 Å². The number of Topliss-reactive ketones (excluding diaryl/α,β-unsaturated/α-hetero) is 1. The predicted molar refractivity (Wildman–Crippen MR) is 95.1 cm³/mol. The van der Waals surface area contributed by atoms with E-state index in [1.165, 1.54) is 6.20 Å². The average Bonchev–Trinajstić information content (AvgIpc) is 3.21. The topological polar surface area (TPSA) is 147 Å². The first-order valence-corrected chi connectivity index (χ1v) is 8.57. The third-order valence-corrected chi connectivity index (χ3v) is 4.46. The summed E-state index contributed by atoms with van der Waals surface area (Å²) in [6, 6.07) is 0. The molecule has 0 spiro atoms. The quantitative estimate of drug-likeness (QED) is 0.281. The first kappa shape index (κ1) is 18.6. The Balaban J connectivity index is 1.64. The second-order valence-electron chi connectivity index (χ2n) is 6.27. The van der Waals surface area contributed by atoms with Gasteiger partial charge in [-0.3, -0.25) is 24.9 Å². The minimum atomic E-state index is -1.19. The normalized spacial score (nSPS) is 24.4. The Morgan fingerprint density at radius 2 is 1.97 bits per heavy atom. The van der Waals surface area contributed by atoms with Crippen molar-refractivity contribution in [2.75, 3.05) is 26.3 Å². The predicted octanol–water partition coefficient (Wildman–Crippen LogP) is -0.238. The molecular formula is C17H15N5O7. The highest BCUT2D eigenvalue weighted by Gasteiger charge is 2.34. The Morgan fingerprint density at radius 3 is 2.69 bits per heavy atom. The second-order valence-corrected chi connectivity index (χ2v) is 6.27. The van der Waals surface area contributed by atoms with Crippen LogP contribution in [0.2, 0.25) is 0 Å². The third-order valence-electron chi connectivity index (χ3n) is 4.46. The van der Waals surface area contributed by atoms with Gasteiger partial charge in [0.05, 0.1) is 23.7 Å². The summed E-state index contributed by atoms with van der Waals surface area (Å²) in [6.45, 7) is 2.29. The Bertz CT molecular complexity index is 982. The number of carbonyl (C=O) groups is 2. The maximum absolute atomic E-state index is 11.7. The summed E-state index contributed by atoms with van der Waals surface area (Å²) >= 11 is 0. The van der Waals surface area contributed by atoms with E-state index < -0.39 is 22.2 Å². The van der Waals surface area contributed by atoms with Crippen LogP contribution in [-0.4, -0.2) is 63.9 Å². The molecule has 0 unspecified atom stereocenters. The fraction of sp³-hybridized carbons (Fsp3) is 0.235. The van der Waals surface area contributed by atoms with Gasteiger partial charge in [-0.15, -0.1) is 0 Å². The highest BCUT2D eigenvalue weighted by atomic mass is 16.7. The van der Waals surface area contributed by atoms with E-state index in [0.29, 0.717) is 37.7 Å². The number of morpholine rings is 1. The van der Waals surface area contributed by atoms with E-state index in [1.54, 1.807) is 12.2 Å². The van der Waals surface area contributed by atoms with Gasteiger partial charge in [0, 0.05) is 37.0 Å². The maximum atomic E-state index is 11.7. The lowest BCUT2D eigenvalue weighted by Crippen LogP contribution is -2.40. The van der Waals surface area contributed by atoms with Gasteiger partial charge in [0.1, 0.15) is 5.82 Å². The molecule has 29 heavy (non-hydrogen) atoms. The van der Waals surface area contributed by atoms with Gasteiger partial charge in [-0.2, -0.15) is 4.99 Å². The number of ether oxygens (including phenoxy) is 1. The van der Waals surface area contributed by atoms with Crippen LogP contribution < -0.4 is 5.48 Å². The Labute approximate surface area is 163 Å². The molecule has 150 valence electrons. The highest BCUT2D eigenvalue weighted by Crippen LogP contribution is 2.25. The molecule has 12 nitrogen and oxygen atoms in total. The standard InChI is InChI=1S/C17H15N5O7/c23-13-8-11(7-12(15(13)24)22(26)27)17-18-16(19-29-17)10-1-2-21(25)14(9-10)20-3-5-28-6-4-20/h1-2,7-9,19,25H,3-6H2. The lowest BCUT2D eigenvalue weighted by molar-refractivity contribution is -0.418. The third kappa shape index (κ3) is 3.53. The molecule has 4 aliphatic rings. The number of ketones is 2. The summed E-state index contributed by atoms with van der Waals surface area (Å²) in [7, 11) is 0. The molecule has 0 amide bonds. The van der Waals surface area contributed by atoms with E-state index in [-0.39, 0.29) is 17.3 Å². The molecule has 1 saturated heterocycles. The Kier molecular flexibility index (Phi) is 4.70. The molecule has 0 aromatic heterocycles. The Hall–Kier alpha value is -3.77. The number of hydrogen-bond donors (Lipinski definition) is 2. The molecule has 0 atom stereocenters. The summed E-state index contributed by atoms with van der Waals surface area (Å²) in [4.78, 5) is 44.8. The number of nitro groups is 1. The summed E-state index contributed by atoms with van der Waals surface area (Å²) < 4.78 is 5.31. The summed E-state index contributed by atoms with van der Waals surface area (Å²) in [6.07, 6.45) is 6.59. The summed E-state index contributed by atoms with van der Waals surface area (Å²) in [5.74, 6) is -1.51. The Morgan fingerprint density at radius 1 is 1.21 bits per heavy atom. The molecule has 3 aliphatic heterocycles. The van der Waals surface area contributed by atoms with Crippen molar-refractivity contribution in [3.05, 3.63) is 69.1 Å². The SMILES string of the molecule is O=C1C=C(C2=NC(=C3C=CN(O)C(N4CCOCC4)=C3)NO2)C=C([N+](=O)[O-])C1=O. The van der Waals surface area contributed by atoms with E-state index in [0.717, 1.165) is 17.2 Å². The van der Waals surface area contributed by atoms with Gasteiger partial charge >= 0.3 is 11.5 Å². The van der Waals surface area contributed by atoms with Gasteiger partial charge < -0.3 is 14.5 Å². The maximum Gasteiger partial charge on any atom is 0.321 e. The molecule has 4 rings (SSSR count). The van der Waals surface area contributed by atoms with Gasteiger partial charge in [-0.05, 0) is 12.2 Å². The van der Waals surface area contributed by atoms with Crippen molar-refractivity contribution in [2.45, 2.75) is 0 Å². The van der Waals surface area contributed by atoms with Gasteiger partial charge in [0.2, 0.25) is 5.78 Å². The number of hydroxylamine groups is 3. The zero-order chi connectivity index (χ0) is 20.5. The van der Waals surface area contributed by atoms with Crippen LogP contribution in [0.5, 0.6) is 0 Å². The van der Waals surface area contributed by atoms with Crippen molar-refractivity contribution in [2.24, 2.45) is 4.99 Å². The van der Waals surface area contributed by atoms with E-state index in [2.05, 4.69) is 10.5 Å². The number of aliphatic imine (C=N–C) groups is 1. The van der Waals surface area contributed by atoms with Crippen LogP contribution in [0.4, 0.5) is 0 Å². The smallest absolute Gasteiger partial charge is 0.321 e. The monoisotopic (exact) mass is 401 g/mol. The average molecular weight is 401 g/mol. The van der Waals surface area contributed by atoms with Gasteiger partial charge in [0.15, 0.2) is 5.82 Å². The number of nitrogens with zero attached hydrogens (tertiary/aromatic N) is 4. The van der Waals surface area contributed by atoms with Crippen LogP contribution in [0.3, 0.4) is 0 Å². The number of rotatable bonds is 3. The molecule has 0 aromatic carbocycles. The molecule has 0 saturated carbocycles. The molecule has 2 N–H and O–H groups in total. The van der Waals surface area contributed by atoms with Crippen molar-refractivity contribution < 1.29 is 29.3 Å². The molecular weight excluding hydrogens is 386 g/mol. The fourth-order valence-corrected chi connectivity index (χ4v) is 2.99. The van der Waals surface area contributed by atoms with Crippen molar-refractivity contribution in [1.29, 1.82) is 0 Å². The zero-order valence-corrected chi connectivity index (χ0v) is 14.9. The number of allylic oxidation sites excluding steroid dienone is 5. The van der Waals surface area contributed by atoms with Crippen molar-refractivity contribution >= 4 is 17.5 Å². The largest absolute Gasteiger partial charge is 0.378 e. The van der Waals surface area contributed by atoms with Crippen LogP contribution in [-0.2, 0) is 19.2 Å². The highest BCUT2D eigenvalue weighted by molar-refractivity contribution is 6.48. The lowest BCUT2D eigenvalue weighted by Gasteiger charge is -2.34. The van der Waals surface area contributed by atoms with Crippen LogP contribution in [0, 0.1) is 10.1 Å². The summed E-state index contributed by atoms with van der Waals surface area (Å²) in [5, 5.41) is 22.1. The van der Waals surface area contributed by atoms with Crippen molar-refractivity contribution in [3.63, 3.8) is 0 Å². The lowest BCUT2D eigenvalue weighted by atomic mass is 10.0. The molecule has 0 radical (unpaired) electrons. The fourth-order valence-electron chi connectivity index (χ4n) is 2.99. The summed E-state index contributed by atoms with van der Waals surface area (Å²) in [5.41, 5.74) is 2.32. The number of carbonyl (C=O) groups excluding carboxylic acids is 2. The van der Waals surface area contributed by atoms with Crippen molar-refractivity contribution in [1.82, 2.24) is 15.4 Å². The second kappa shape index (κ2) is 7.33.